The molecular weight excluding hydrogens is 390 g/mol. The van der Waals surface area contributed by atoms with Crippen molar-refractivity contribution in [2.24, 2.45) is 5.73 Å². The molecule has 2 aromatic rings. The molecule has 1 amide bonds. The van der Waals surface area contributed by atoms with Gasteiger partial charge in [-0.05, 0) is 53.3 Å². The number of pyridine rings is 1. The predicted octanol–water partition coefficient (Wildman–Crippen LogP) is 2.86. The molecule has 1 unspecified atom stereocenters. The number of hydrogen-bond donors (Lipinski definition) is 1. The van der Waals surface area contributed by atoms with E-state index in [4.69, 9.17) is 26.8 Å². The summed E-state index contributed by atoms with van der Waals surface area (Å²) < 4.78 is 11.8. The summed E-state index contributed by atoms with van der Waals surface area (Å²) in [5, 5.41) is 0.654. The van der Waals surface area contributed by atoms with Gasteiger partial charge in [0.15, 0.2) is 6.10 Å². The quantitative estimate of drug-likeness (QED) is 0.837. The fraction of sp³-hybridized carbons (Fsp3) is 0.455. The fourth-order valence-corrected chi connectivity index (χ4v) is 4.98. The van der Waals surface area contributed by atoms with Crippen molar-refractivity contribution in [3.63, 3.8) is 0 Å². The van der Waals surface area contributed by atoms with Gasteiger partial charge in [-0.25, -0.2) is 0 Å². The largest absolute Gasteiger partial charge is 0.376 e. The Bertz CT molecular complexity index is 956. The number of piperidine rings is 1. The summed E-state index contributed by atoms with van der Waals surface area (Å²) in [4.78, 5) is 19.0. The van der Waals surface area contributed by atoms with E-state index >= 15 is 0 Å². The number of benzene rings is 1. The van der Waals surface area contributed by atoms with Crippen molar-refractivity contribution in [3.05, 3.63) is 63.4 Å². The number of carbonyl (C=O) groups is 1. The number of aromatic nitrogens is 1. The Morgan fingerprint density at radius 3 is 2.93 bits per heavy atom. The highest BCUT2D eigenvalue weighted by Gasteiger charge is 2.48. The van der Waals surface area contributed by atoms with Gasteiger partial charge in [-0.15, -0.1) is 0 Å². The number of hydrogen-bond acceptors (Lipinski definition) is 5. The number of ether oxygens (including phenoxy) is 2. The molecule has 1 fully saturated rings. The summed E-state index contributed by atoms with van der Waals surface area (Å²) in [6.45, 7) is 3.98. The van der Waals surface area contributed by atoms with Crippen LogP contribution in [0, 0.1) is 0 Å². The molecule has 0 aliphatic carbocycles. The SMILES string of the molecule is NC(=O)C1OC2(CCN(Cc3cnc4c(c3)COCC4)CC2)c2cc(Cl)ccc21. The number of amides is 1. The van der Waals surface area contributed by atoms with E-state index in [0.717, 1.165) is 62.3 Å². The van der Waals surface area contributed by atoms with Crippen molar-refractivity contribution in [3.8, 4) is 0 Å². The first-order chi connectivity index (χ1) is 14.0. The maximum absolute atomic E-state index is 11.9. The number of carbonyl (C=O) groups excluding carboxylic acids is 1. The normalized spacial score (nSPS) is 23.0. The van der Waals surface area contributed by atoms with E-state index in [-0.39, 0.29) is 0 Å². The molecule has 5 rings (SSSR count). The summed E-state index contributed by atoms with van der Waals surface area (Å²) in [5.41, 5.74) is 10.5. The molecule has 2 N–H and O–H groups in total. The Morgan fingerprint density at radius 1 is 1.31 bits per heavy atom. The van der Waals surface area contributed by atoms with Crippen LogP contribution in [0.1, 0.15) is 46.9 Å². The Kier molecular flexibility index (Phi) is 4.82. The smallest absolute Gasteiger partial charge is 0.251 e. The van der Waals surface area contributed by atoms with Crippen molar-refractivity contribution in [1.82, 2.24) is 9.88 Å². The second kappa shape index (κ2) is 7.36. The molecule has 152 valence electrons. The van der Waals surface area contributed by atoms with Gasteiger partial charge in [-0.1, -0.05) is 17.7 Å². The van der Waals surface area contributed by atoms with Gasteiger partial charge in [0.05, 0.1) is 18.8 Å². The highest BCUT2D eigenvalue weighted by molar-refractivity contribution is 6.30. The summed E-state index contributed by atoms with van der Waals surface area (Å²) in [6, 6.07) is 7.81. The van der Waals surface area contributed by atoms with Gasteiger partial charge in [0.1, 0.15) is 0 Å². The van der Waals surface area contributed by atoms with Crippen LogP contribution in [0.4, 0.5) is 0 Å². The van der Waals surface area contributed by atoms with E-state index in [9.17, 15) is 4.79 Å². The Morgan fingerprint density at radius 2 is 2.14 bits per heavy atom. The number of rotatable bonds is 3. The topological polar surface area (TPSA) is 77.7 Å². The summed E-state index contributed by atoms with van der Waals surface area (Å²) in [5.74, 6) is -0.449. The average Bonchev–Trinajstić information content (AvgIpc) is 3.04. The molecule has 6 nitrogen and oxygen atoms in total. The maximum atomic E-state index is 11.9. The van der Waals surface area contributed by atoms with Crippen molar-refractivity contribution in [2.75, 3.05) is 19.7 Å². The van der Waals surface area contributed by atoms with Crippen LogP contribution in [0.3, 0.4) is 0 Å². The summed E-state index contributed by atoms with van der Waals surface area (Å²) in [7, 11) is 0. The van der Waals surface area contributed by atoms with Crippen molar-refractivity contribution in [2.45, 2.75) is 44.1 Å². The van der Waals surface area contributed by atoms with Gasteiger partial charge in [0, 0.05) is 43.0 Å². The minimum Gasteiger partial charge on any atom is -0.376 e. The zero-order valence-corrected chi connectivity index (χ0v) is 17.0. The van der Waals surface area contributed by atoms with Gasteiger partial charge < -0.3 is 15.2 Å². The molecule has 1 aromatic heterocycles. The van der Waals surface area contributed by atoms with Crippen LogP contribution < -0.4 is 5.73 Å². The predicted molar refractivity (Wildman–Crippen MR) is 108 cm³/mol. The lowest BCUT2D eigenvalue weighted by molar-refractivity contribution is -0.148. The van der Waals surface area contributed by atoms with E-state index in [1.807, 2.05) is 18.3 Å². The molecule has 3 aliphatic rings. The molecule has 4 heterocycles. The van der Waals surface area contributed by atoms with Crippen LogP contribution in [0.25, 0.3) is 0 Å². The summed E-state index contributed by atoms with van der Waals surface area (Å²) >= 11 is 6.25. The van der Waals surface area contributed by atoms with Gasteiger partial charge in [-0.3, -0.25) is 14.7 Å². The van der Waals surface area contributed by atoms with Crippen LogP contribution in [-0.2, 0) is 39.4 Å². The molecule has 1 saturated heterocycles. The Balaban J connectivity index is 1.32. The second-order valence-corrected chi connectivity index (χ2v) is 8.59. The number of nitrogens with zero attached hydrogens (tertiary/aromatic N) is 2. The molecule has 7 heteroatoms. The standard InChI is InChI=1S/C22H24ClN3O3/c23-16-1-2-17-18(10-16)22(29-20(17)21(24)27)4-6-26(7-5-22)12-14-9-15-13-28-8-3-19(15)25-11-14/h1-2,9-11,20H,3-8,12-13H2,(H2,24,27). The van der Waals surface area contributed by atoms with E-state index in [0.29, 0.717) is 11.6 Å². The minimum absolute atomic E-state index is 0.449. The Labute approximate surface area is 174 Å². The molecule has 0 radical (unpaired) electrons. The molecule has 29 heavy (non-hydrogen) atoms. The molecule has 1 aromatic carbocycles. The van der Waals surface area contributed by atoms with E-state index in [1.165, 1.54) is 11.1 Å². The lowest BCUT2D eigenvalue weighted by Crippen LogP contribution is -2.42. The minimum atomic E-state index is -0.696. The van der Waals surface area contributed by atoms with Crippen LogP contribution >= 0.6 is 11.6 Å². The molecule has 3 aliphatic heterocycles. The van der Waals surface area contributed by atoms with Crippen LogP contribution in [0.5, 0.6) is 0 Å². The van der Waals surface area contributed by atoms with Crippen molar-refractivity contribution in [1.29, 1.82) is 0 Å². The first-order valence-corrected chi connectivity index (χ1v) is 10.5. The molecule has 1 atom stereocenters. The number of likely N-dealkylation sites (tertiary alicyclic amines) is 1. The third-order valence-electron chi connectivity index (χ3n) is 6.32. The van der Waals surface area contributed by atoms with Gasteiger partial charge in [-0.2, -0.15) is 0 Å². The van der Waals surface area contributed by atoms with E-state index in [1.54, 1.807) is 6.07 Å². The lowest BCUT2D eigenvalue weighted by Gasteiger charge is -2.39. The van der Waals surface area contributed by atoms with Crippen molar-refractivity contribution < 1.29 is 14.3 Å². The number of nitrogens with two attached hydrogens (primary N) is 1. The van der Waals surface area contributed by atoms with Crippen LogP contribution in [-0.4, -0.2) is 35.5 Å². The molecule has 1 spiro atoms. The second-order valence-electron chi connectivity index (χ2n) is 8.15. The number of fused-ring (bicyclic) bond motifs is 3. The average molecular weight is 414 g/mol. The third-order valence-corrected chi connectivity index (χ3v) is 6.55. The van der Waals surface area contributed by atoms with Crippen molar-refractivity contribution >= 4 is 17.5 Å². The van der Waals surface area contributed by atoms with Gasteiger partial charge in [0.2, 0.25) is 0 Å². The van der Waals surface area contributed by atoms with Gasteiger partial charge >= 0.3 is 0 Å². The first-order valence-electron chi connectivity index (χ1n) is 10.1. The number of primary amides is 1. The highest BCUT2D eigenvalue weighted by atomic mass is 35.5. The highest BCUT2D eigenvalue weighted by Crippen LogP contribution is 2.50. The number of halogens is 1. The molecule has 0 saturated carbocycles. The monoisotopic (exact) mass is 413 g/mol. The third kappa shape index (κ3) is 3.44. The Hall–Kier alpha value is -1.99. The summed E-state index contributed by atoms with van der Waals surface area (Å²) in [6.07, 6.45) is 3.77. The van der Waals surface area contributed by atoms with E-state index in [2.05, 4.69) is 16.0 Å². The maximum Gasteiger partial charge on any atom is 0.251 e. The van der Waals surface area contributed by atoms with Crippen LogP contribution in [0.2, 0.25) is 5.02 Å². The zero-order chi connectivity index (χ0) is 20.0. The lowest BCUT2D eigenvalue weighted by atomic mass is 9.83. The van der Waals surface area contributed by atoms with Crippen LogP contribution in [0.15, 0.2) is 30.5 Å². The van der Waals surface area contributed by atoms with Gasteiger partial charge in [0.25, 0.3) is 5.91 Å². The molecular formula is C22H24ClN3O3. The fourth-order valence-electron chi connectivity index (χ4n) is 4.81. The first kappa shape index (κ1) is 19.0. The molecule has 0 bridgehead atoms. The van der Waals surface area contributed by atoms with E-state index < -0.39 is 17.6 Å². The zero-order valence-electron chi connectivity index (χ0n) is 16.2.